The lowest BCUT2D eigenvalue weighted by atomic mass is 9.81. The summed E-state index contributed by atoms with van der Waals surface area (Å²) in [5, 5.41) is 14.8. The Morgan fingerprint density at radius 2 is 0.694 bits per heavy atom. The van der Waals surface area contributed by atoms with Gasteiger partial charge in [0.15, 0.2) is 0 Å². The predicted octanol–water partition coefficient (Wildman–Crippen LogP) is 17.2. The molecule has 12 aromatic carbocycles. The molecule has 0 aliphatic rings. The van der Waals surface area contributed by atoms with Gasteiger partial charge < -0.3 is 4.90 Å². The quantitative estimate of drug-likeness (QED) is 0.120. The Morgan fingerprint density at radius 1 is 0.258 bits per heavy atom. The van der Waals surface area contributed by atoms with Crippen LogP contribution in [0.15, 0.2) is 231 Å². The molecule has 0 aromatic heterocycles. The molecule has 2 heteroatoms. The molecule has 12 aromatic rings. The molecule has 0 heterocycles. The lowest BCUT2D eigenvalue weighted by molar-refractivity contribution is 0.628. The zero-order valence-electron chi connectivity index (χ0n) is 33.8. The Kier molecular flexibility index (Phi) is 8.43. The van der Waals surface area contributed by atoms with E-state index in [2.05, 4.69) is 193 Å². The second kappa shape index (κ2) is 14.6. The van der Waals surface area contributed by atoms with Crippen LogP contribution in [0.3, 0.4) is 0 Å². The summed E-state index contributed by atoms with van der Waals surface area (Å²) >= 11 is 0. The minimum absolute atomic E-state index is 0.269. The van der Waals surface area contributed by atoms with Crippen LogP contribution >= 0.6 is 0 Å². The normalized spacial score (nSPS) is 11.6. The van der Waals surface area contributed by atoms with Gasteiger partial charge >= 0.3 is 0 Å². The van der Waals surface area contributed by atoms with Crippen molar-refractivity contribution in [3.05, 3.63) is 236 Å². The lowest BCUT2D eigenvalue weighted by Gasteiger charge is -2.25. The van der Waals surface area contributed by atoms with Gasteiger partial charge in [0.25, 0.3) is 0 Å². The van der Waals surface area contributed by atoms with E-state index in [1.165, 1.54) is 93.0 Å². The van der Waals surface area contributed by atoms with Crippen molar-refractivity contribution in [1.82, 2.24) is 0 Å². The van der Waals surface area contributed by atoms with Gasteiger partial charge in [0, 0.05) is 17.1 Å². The van der Waals surface area contributed by atoms with Crippen molar-refractivity contribution in [1.29, 1.82) is 0 Å². The number of anilines is 3. The summed E-state index contributed by atoms with van der Waals surface area (Å²) in [7, 11) is 0. The van der Waals surface area contributed by atoms with E-state index >= 15 is 0 Å². The Morgan fingerprint density at radius 3 is 1.27 bits per heavy atom. The van der Waals surface area contributed by atoms with Crippen LogP contribution in [0.5, 0.6) is 0 Å². The lowest BCUT2D eigenvalue weighted by Crippen LogP contribution is -2.09. The van der Waals surface area contributed by atoms with E-state index in [4.69, 9.17) is 0 Å². The van der Waals surface area contributed by atoms with E-state index in [0.717, 1.165) is 28.2 Å². The summed E-state index contributed by atoms with van der Waals surface area (Å²) in [5.41, 5.74) is 9.81. The molecule has 0 bridgehead atoms. The zero-order valence-corrected chi connectivity index (χ0v) is 33.8. The maximum Gasteiger partial charge on any atom is 0.125 e. The maximum atomic E-state index is 14.6. The highest BCUT2D eigenvalue weighted by Gasteiger charge is 2.22. The van der Waals surface area contributed by atoms with Crippen LogP contribution in [0.4, 0.5) is 21.5 Å². The summed E-state index contributed by atoms with van der Waals surface area (Å²) in [4.78, 5) is 2.10. The number of halogens is 1. The third-order valence-electron chi connectivity index (χ3n) is 12.6. The van der Waals surface area contributed by atoms with Gasteiger partial charge in [-0.05, 0) is 159 Å². The molecule has 0 fully saturated rings. The molecule has 0 unspecified atom stereocenters. The van der Waals surface area contributed by atoms with Gasteiger partial charge in [0.2, 0.25) is 0 Å². The monoisotopic (exact) mass is 791 g/mol. The molecule has 0 aliphatic carbocycles. The van der Waals surface area contributed by atoms with Gasteiger partial charge in [0.1, 0.15) is 5.82 Å². The minimum atomic E-state index is -0.269. The third kappa shape index (κ3) is 5.84. The van der Waals surface area contributed by atoms with Crippen molar-refractivity contribution in [2.75, 3.05) is 4.90 Å². The SMILES string of the molecule is Fc1cccc(N(c2ccccc2)c2ccc(-c3ccc4c(-c5cc6ccccc6c6ccccc56)c5ccccc5c(-c5cc6ccccc6c6ccccc56)c4c3)cc2)c1. The van der Waals surface area contributed by atoms with Crippen molar-refractivity contribution in [2.45, 2.75) is 0 Å². The first-order chi connectivity index (χ1) is 30.7. The van der Waals surface area contributed by atoms with Crippen LogP contribution in [0.2, 0.25) is 0 Å². The Hall–Kier alpha value is -8.07. The Balaban J connectivity index is 1.15. The maximum absolute atomic E-state index is 14.6. The van der Waals surface area contributed by atoms with Crippen LogP contribution in [0.25, 0.3) is 98.0 Å². The molecule has 1 nitrogen and oxygen atoms in total. The molecule has 0 amide bonds. The summed E-state index contributed by atoms with van der Waals surface area (Å²) < 4.78 is 14.6. The van der Waals surface area contributed by atoms with Gasteiger partial charge in [-0.3, -0.25) is 0 Å². The largest absolute Gasteiger partial charge is 0.310 e. The fourth-order valence-corrected chi connectivity index (χ4v) is 9.90. The Labute approximate surface area is 359 Å². The summed E-state index contributed by atoms with van der Waals surface area (Å²) in [6, 6.07) is 81.6. The van der Waals surface area contributed by atoms with Crippen LogP contribution in [0.1, 0.15) is 0 Å². The molecule has 12 rings (SSSR count). The molecule has 0 radical (unpaired) electrons. The first-order valence-corrected chi connectivity index (χ1v) is 21.2. The van der Waals surface area contributed by atoms with E-state index in [0.29, 0.717) is 0 Å². The molecule has 0 spiro atoms. The van der Waals surface area contributed by atoms with E-state index in [9.17, 15) is 4.39 Å². The minimum Gasteiger partial charge on any atom is -0.310 e. The van der Waals surface area contributed by atoms with Crippen LogP contribution in [0, 0.1) is 5.82 Å². The molecular formula is C60H38FN. The first kappa shape index (κ1) is 35.8. The van der Waals surface area contributed by atoms with Crippen molar-refractivity contribution in [3.8, 4) is 33.4 Å². The van der Waals surface area contributed by atoms with Gasteiger partial charge in [-0.1, -0.05) is 170 Å². The van der Waals surface area contributed by atoms with E-state index < -0.39 is 0 Å². The smallest absolute Gasteiger partial charge is 0.125 e. The third-order valence-corrected chi connectivity index (χ3v) is 12.6. The first-order valence-electron chi connectivity index (χ1n) is 21.2. The predicted molar refractivity (Wildman–Crippen MR) is 262 cm³/mol. The standard InChI is InChI=1S/C60H38FN/c61-43-17-14-20-46(38-43)62(44-18-2-1-3-19-44)45-32-29-39(30-33-45)40-31-34-55-58(35-40)60(57-37-42-16-5-7-22-48(42)50-24-9-11-26-52(50)57)54-28-13-12-27-53(54)59(55)56-36-41-15-4-6-21-47(41)49-23-8-10-25-51(49)56/h1-38H. The number of fused-ring (bicyclic) bond motifs is 8. The van der Waals surface area contributed by atoms with Gasteiger partial charge in [-0.25, -0.2) is 4.39 Å². The van der Waals surface area contributed by atoms with Gasteiger partial charge in [-0.2, -0.15) is 0 Å². The summed E-state index contributed by atoms with van der Waals surface area (Å²) in [5.74, 6) is -0.269. The molecule has 62 heavy (non-hydrogen) atoms. The molecule has 0 saturated carbocycles. The highest BCUT2D eigenvalue weighted by atomic mass is 19.1. The van der Waals surface area contributed by atoms with Gasteiger partial charge in [0.05, 0.1) is 0 Å². The molecule has 290 valence electrons. The average Bonchev–Trinajstić information content (AvgIpc) is 3.33. The van der Waals surface area contributed by atoms with Crippen LogP contribution in [-0.2, 0) is 0 Å². The van der Waals surface area contributed by atoms with Crippen LogP contribution in [-0.4, -0.2) is 0 Å². The number of benzene rings is 12. The van der Waals surface area contributed by atoms with E-state index in [1.54, 1.807) is 12.1 Å². The second-order valence-electron chi connectivity index (χ2n) is 16.1. The van der Waals surface area contributed by atoms with Gasteiger partial charge in [-0.15, -0.1) is 0 Å². The number of rotatable bonds is 6. The van der Waals surface area contributed by atoms with Crippen LogP contribution < -0.4 is 4.90 Å². The fourth-order valence-electron chi connectivity index (χ4n) is 9.90. The molecule has 0 saturated heterocycles. The topological polar surface area (TPSA) is 3.24 Å². The highest BCUT2D eigenvalue weighted by Crippen LogP contribution is 2.49. The highest BCUT2D eigenvalue weighted by molar-refractivity contribution is 6.28. The molecule has 0 atom stereocenters. The number of nitrogens with zero attached hydrogens (tertiary/aromatic N) is 1. The summed E-state index contributed by atoms with van der Waals surface area (Å²) in [6.45, 7) is 0. The van der Waals surface area contributed by atoms with Crippen molar-refractivity contribution < 1.29 is 4.39 Å². The van der Waals surface area contributed by atoms with E-state index in [1.807, 2.05) is 24.3 Å². The van der Waals surface area contributed by atoms with Crippen molar-refractivity contribution in [3.63, 3.8) is 0 Å². The molecule has 0 N–H and O–H groups in total. The van der Waals surface area contributed by atoms with Crippen molar-refractivity contribution in [2.24, 2.45) is 0 Å². The number of hydrogen-bond acceptors (Lipinski definition) is 1. The molecular weight excluding hydrogens is 754 g/mol. The average molecular weight is 792 g/mol. The Bertz CT molecular complexity index is 3700. The van der Waals surface area contributed by atoms with E-state index in [-0.39, 0.29) is 5.82 Å². The summed E-state index contributed by atoms with van der Waals surface area (Å²) in [6.07, 6.45) is 0. The number of hydrogen-bond donors (Lipinski definition) is 0. The van der Waals surface area contributed by atoms with Crippen molar-refractivity contribution >= 4 is 81.7 Å². The fraction of sp³-hybridized carbons (Fsp3) is 0. The second-order valence-corrected chi connectivity index (χ2v) is 16.1. The zero-order chi connectivity index (χ0) is 41.1. The number of para-hydroxylation sites is 1. The molecule has 0 aliphatic heterocycles.